The lowest BCUT2D eigenvalue weighted by atomic mass is 10.1. The quantitative estimate of drug-likeness (QED) is 0.314. The third-order valence-electron chi connectivity index (χ3n) is 5.34. The predicted molar refractivity (Wildman–Crippen MR) is 124 cm³/mol. The van der Waals surface area contributed by atoms with E-state index in [1.165, 1.54) is 32.1 Å². The molecule has 1 saturated heterocycles. The van der Waals surface area contributed by atoms with Crippen molar-refractivity contribution in [3.63, 3.8) is 0 Å². The average molecular weight is 422 g/mol. The maximum Gasteiger partial charge on any atom is 0.218 e. The van der Waals surface area contributed by atoms with E-state index in [1.54, 1.807) is 0 Å². The molecule has 31 heavy (non-hydrogen) atoms. The van der Waals surface area contributed by atoms with Gasteiger partial charge in [-0.15, -0.1) is 0 Å². The van der Waals surface area contributed by atoms with Crippen LogP contribution in [0.5, 0.6) is 11.6 Å². The van der Waals surface area contributed by atoms with E-state index in [0.29, 0.717) is 24.8 Å². The molecule has 1 aliphatic heterocycles. The predicted octanol–water partition coefficient (Wildman–Crippen LogP) is 6.32. The number of hydrogen-bond acceptors (Lipinski definition) is 4. The molecule has 0 aliphatic carbocycles. The Bertz CT molecular complexity index is 819. The zero-order valence-electron chi connectivity index (χ0n) is 18.8. The molecule has 2 heterocycles. The lowest BCUT2D eigenvalue weighted by molar-refractivity contribution is -0.0120. The summed E-state index contributed by atoms with van der Waals surface area (Å²) in [5, 5.41) is 0. The first kappa shape index (κ1) is 23.2. The van der Waals surface area contributed by atoms with E-state index >= 15 is 0 Å². The highest BCUT2D eigenvalue weighted by atomic mass is 16.5. The van der Waals surface area contributed by atoms with Crippen molar-refractivity contribution in [1.82, 2.24) is 4.98 Å². The van der Waals surface area contributed by atoms with Gasteiger partial charge in [0.1, 0.15) is 24.7 Å². The lowest BCUT2D eigenvalue weighted by Crippen LogP contribution is -2.26. The first-order chi connectivity index (χ1) is 15.3. The van der Waals surface area contributed by atoms with Crippen molar-refractivity contribution in [2.75, 3.05) is 13.2 Å². The highest BCUT2D eigenvalue weighted by Gasteiger charge is 2.15. The van der Waals surface area contributed by atoms with Gasteiger partial charge in [0.25, 0.3) is 0 Å². The highest BCUT2D eigenvalue weighted by Crippen LogP contribution is 2.22. The normalized spacial score (nSPS) is 15.7. The summed E-state index contributed by atoms with van der Waals surface area (Å²) < 4.78 is 17.8. The van der Waals surface area contributed by atoms with Crippen LogP contribution in [-0.4, -0.2) is 24.3 Å². The molecule has 3 rings (SSSR count). The Morgan fingerprint density at radius 2 is 1.90 bits per heavy atom. The molecule has 1 aliphatic rings. The van der Waals surface area contributed by atoms with Gasteiger partial charge in [-0.3, -0.25) is 0 Å². The van der Waals surface area contributed by atoms with Crippen molar-refractivity contribution in [2.24, 2.45) is 0 Å². The second kappa shape index (κ2) is 13.7. The Morgan fingerprint density at radius 1 is 1.03 bits per heavy atom. The summed E-state index contributed by atoms with van der Waals surface area (Å²) in [7, 11) is 0. The van der Waals surface area contributed by atoms with Crippen LogP contribution in [0, 0.1) is 11.8 Å². The summed E-state index contributed by atoms with van der Waals surface area (Å²) in [6, 6.07) is 13.9. The minimum absolute atomic E-state index is 0.141. The van der Waals surface area contributed by atoms with Crippen molar-refractivity contribution in [2.45, 2.75) is 77.4 Å². The molecular formula is C27H35NO3. The Labute approximate surface area is 187 Å². The minimum Gasteiger partial charge on any atom is -0.489 e. The summed E-state index contributed by atoms with van der Waals surface area (Å²) >= 11 is 0. The number of pyridine rings is 1. The van der Waals surface area contributed by atoms with E-state index in [0.717, 1.165) is 43.6 Å². The molecule has 0 radical (unpaired) electrons. The molecule has 1 atom stereocenters. The Kier molecular flexibility index (Phi) is 10.3. The van der Waals surface area contributed by atoms with E-state index in [9.17, 15) is 0 Å². The molecule has 1 fully saturated rings. The molecule has 166 valence electrons. The SMILES string of the molecule is CCCCCCCC#Cc1cc(OCc2ccccc2)cc(OCC2CCCCO2)n1. The molecular weight excluding hydrogens is 386 g/mol. The third kappa shape index (κ3) is 9.02. The van der Waals surface area contributed by atoms with Crippen LogP contribution in [0.25, 0.3) is 0 Å². The van der Waals surface area contributed by atoms with Gasteiger partial charge >= 0.3 is 0 Å². The fourth-order valence-electron chi connectivity index (χ4n) is 3.53. The average Bonchev–Trinajstić information content (AvgIpc) is 2.82. The van der Waals surface area contributed by atoms with Crippen LogP contribution >= 0.6 is 0 Å². The van der Waals surface area contributed by atoms with Crippen molar-refractivity contribution < 1.29 is 14.2 Å². The fraction of sp³-hybridized carbons (Fsp3) is 0.519. The molecule has 0 saturated carbocycles. The molecule has 0 spiro atoms. The topological polar surface area (TPSA) is 40.6 Å². The largest absolute Gasteiger partial charge is 0.489 e. The van der Waals surface area contributed by atoms with Gasteiger partial charge < -0.3 is 14.2 Å². The maximum absolute atomic E-state index is 6.02. The van der Waals surface area contributed by atoms with Gasteiger partial charge in [-0.05, 0) is 37.2 Å². The third-order valence-corrected chi connectivity index (χ3v) is 5.34. The van der Waals surface area contributed by atoms with Gasteiger partial charge in [-0.25, -0.2) is 4.98 Å². The van der Waals surface area contributed by atoms with E-state index in [-0.39, 0.29) is 6.10 Å². The first-order valence-electron chi connectivity index (χ1n) is 11.8. The van der Waals surface area contributed by atoms with Crippen LogP contribution in [-0.2, 0) is 11.3 Å². The van der Waals surface area contributed by atoms with E-state index in [2.05, 4.69) is 35.9 Å². The lowest BCUT2D eigenvalue weighted by Gasteiger charge is -2.22. The van der Waals surface area contributed by atoms with Crippen LogP contribution in [0.1, 0.15) is 76.0 Å². The zero-order valence-corrected chi connectivity index (χ0v) is 18.8. The molecule has 0 amide bonds. The molecule has 1 aromatic heterocycles. The first-order valence-corrected chi connectivity index (χ1v) is 11.8. The van der Waals surface area contributed by atoms with Gasteiger partial charge in [-0.2, -0.15) is 0 Å². The Balaban J connectivity index is 1.61. The Morgan fingerprint density at radius 3 is 2.71 bits per heavy atom. The summed E-state index contributed by atoms with van der Waals surface area (Å²) in [6.45, 7) is 4.06. The summed E-state index contributed by atoms with van der Waals surface area (Å²) in [5.74, 6) is 7.74. The van der Waals surface area contributed by atoms with Crippen LogP contribution < -0.4 is 9.47 Å². The van der Waals surface area contributed by atoms with Crippen molar-refractivity contribution >= 4 is 0 Å². The summed E-state index contributed by atoms with van der Waals surface area (Å²) in [6.07, 6.45) is 10.6. The second-order valence-electron chi connectivity index (χ2n) is 8.07. The van der Waals surface area contributed by atoms with Crippen LogP contribution in [0.15, 0.2) is 42.5 Å². The number of unbranched alkanes of at least 4 members (excludes halogenated alkanes) is 5. The summed E-state index contributed by atoms with van der Waals surface area (Å²) in [4.78, 5) is 4.59. The number of ether oxygens (including phenoxy) is 3. The zero-order chi connectivity index (χ0) is 21.6. The molecule has 1 unspecified atom stereocenters. The molecule has 0 bridgehead atoms. The van der Waals surface area contributed by atoms with E-state index < -0.39 is 0 Å². The van der Waals surface area contributed by atoms with Crippen LogP contribution in [0.4, 0.5) is 0 Å². The summed E-state index contributed by atoms with van der Waals surface area (Å²) in [5.41, 5.74) is 1.82. The smallest absolute Gasteiger partial charge is 0.218 e. The highest BCUT2D eigenvalue weighted by molar-refractivity contribution is 5.38. The van der Waals surface area contributed by atoms with E-state index in [1.807, 2.05) is 30.3 Å². The van der Waals surface area contributed by atoms with Gasteiger partial charge in [0.05, 0.1) is 6.10 Å². The standard InChI is InChI=1S/C27H35NO3/c1-2-3-4-5-6-7-11-16-24-19-26(30-21-23-14-9-8-10-15-23)20-27(28-24)31-22-25-17-12-13-18-29-25/h8-10,14-15,19-20,25H,2-7,12-13,17-18,21-22H2,1H3. The number of hydrogen-bond donors (Lipinski definition) is 0. The minimum atomic E-state index is 0.141. The van der Waals surface area contributed by atoms with Crippen molar-refractivity contribution in [1.29, 1.82) is 0 Å². The molecule has 1 aromatic carbocycles. The Hall–Kier alpha value is -2.51. The maximum atomic E-state index is 6.02. The van der Waals surface area contributed by atoms with Crippen molar-refractivity contribution in [3.05, 3.63) is 53.7 Å². The van der Waals surface area contributed by atoms with Gasteiger partial charge in [0.15, 0.2) is 0 Å². The number of benzene rings is 1. The monoisotopic (exact) mass is 421 g/mol. The number of rotatable bonds is 11. The molecule has 0 N–H and O–H groups in total. The number of nitrogens with zero attached hydrogens (tertiary/aromatic N) is 1. The molecule has 4 heteroatoms. The van der Waals surface area contributed by atoms with Gasteiger partial charge in [-0.1, -0.05) is 68.9 Å². The molecule has 4 nitrogen and oxygen atoms in total. The fourth-order valence-corrected chi connectivity index (χ4v) is 3.53. The number of aromatic nitrogens is 1. The second-order valence-corrected chi connectivity index (χ2v) is 8.07. The molecule has 2 aromatic rings. The van der Waals surface area contributed by atoms with E-state index in [4.69, 9.17) is 14.2 Å². The van der Waals surface area contributed by atoms with Crippen LogP contribution in [0.3, 0.4) is 0 Å². The van der Waals surface area contributed by atoms with Gasteiger partial charge in [0, 0.05) is 25.2 Å². The van der Waals surface area contributed by atoms with Gasteiger partial charge in [0.2, 0.25) is 5.88 Å². The van der Waals surface area contributed by atoms with Crippen LogP contribution in [0.2, 0.25) is 0 Å². The van der Waals surface area contributed by atoms with Crippen molar-refractivity contribution in [3.8, 4) is 23.5 Å².